The van der Waals surface area contributed by atoms with Crippen LogP contribution in [0.4, 0.5) is 17.3 Å². The number of hydrogen-bond donors (Lipinski definition) is 3. The molecule has 2 bridgehead atoms. The molecular formula is C21H25N7O3. The van der Waals surface area contributed by atoms with Gasteiger partial charge in [0.1, 0.15) is 23.7 Å². The monoisotopic (exact) mass is 423 g/mol. The average molecular weight is 423 g/mol. The molecule has 1 aromatic heterocycles. The van der Waals surface area contributed by atoms with E-state index in [9.17, 15) is 9.59 Å². The number of carbonyl (C=O) groups excluding carboxylic acids is 2. The lowest BCUT2D eigenvalue weighted by molar-refractivity contribution is -0.132. The highest BCUT2D eigenvalue weighted by Gasteiger charge is 2.29. The fourth-order valence-electron chi connectivity index (χ4n) is 3.30. The van der Waals surface area contributed by atoms with Gasteiger partial charge in [0, 0.05) is 51.2 Å². The Hall–Kier alpha value is -3.66. The third kappa shape index (κ3) is 4.75. The van der Waals surface area contributed by atoms with Gasteiger partial charge in [0.2, 0.25) is 0 Å². The van der Waals surface area contributed by atoms with E-state index in [2.05, 4.69) is 30.8 Å². The largest absolute Gasteiger partial charge is 0.484 e. The zero-order chi connectivity index (χ0) is 21.8. The second-order valence-corrected chi connectivity index (χ2v) is 7.46. The highest BCUT2D eigenvalue weighted by molar-refractivity contribution is 6.32. The molecule has 3 N–H and O–H groups in total. The SMILES string of the molecule is CN1CCNc2ncnc3c2/C(=C/Nc2cccc(c2)OCC(=O)N(C)CC1)C(=O)N3. The molecule has 0 radical (unpaired) electrons. The lowest BCUT2D eigenvalue weighted by Crippen LogP contribution is -2.38. The number of nitrogens with one attached hydrogen (secondary N) is 3. The smallest absolute Gasteiger partial charge is 0.260 e. The number of likely N-dealkylation sites (N-methyl/N-ethyl adjacent to an activating group) is 2. The standard InChI is InChI=1S/C21H25N7O3/c1-27-7-6-22-19-18-16(21(30)26-20(18)25-13-24-19)11-23-14-4-3-5-15(10-14)31-12-17(29)28(2)9-8-27/h3-5,10-11,13,23H,6-9,12H2,1-2H3,(H2,22,24,25,26,30)/b16-11-. The number of nitrogens with zero attached hydrogens (tertiary/aromatic N) is 4. The van der Waals surface area contributed by atoms with Gasteiger partial charge in [-0.05, 0) is 19.2 Å². The summed E-state index contributed by atoms with van der Waals surface area (Å²) in [6.45, 7) is 2.63. The maximum atomic E-state index is 12.5. The third-order valence-corrected chi connectivity index (χ3v) is 5.20. The van der Waals surface area contributed by atoms with E-state index in [0.717, 1.165) is 18.8 Å². The number of ether oxygens (including phenoxy) is 1. The van der Waals surface area contributed by atoms with Crippen molar-refractivity contribution in [2.75, 3.05) is 62.8 Å². The molecule has 0 unspecified atom stereocenters. The minimum atomic E-state index is -0.251. The molecule has 0 saturated carbocycles. The molecule has 162 valence electrons. The lowest BCUT2D eigenvalue weighted by Gasteiger charge is -2.22. The molecule has 2 aliphatic rings. The van der Waals surface area contributed by atoms with Crippen LogP contribution in [-0.4, -0.2) is 78.5 Å². The van der Waals surface area contributed by atoms with Gasteiger partial charge in [-0.1, -0.05) is 6.07 Å². The summed E-state index contributed by atoms with van der Waals surface area (Å²) in [6, 6.07) is 7.22. The van der Waals surface area contributed by atoms with Crippen LogP contribution in [0.25, 0.3) is 5.57 Å². The summed E-state index contributed by atoms with van der Waals surface area (Å²) in [5.74, 6) is 1.30. The van der Waals surface area contributed by atoms with Crippen molar-refractivity contribution in [3.05, 3.63) is 42.4 Å². The number of rotatable bonds is 0. The van der Waals surface area contributed by atoms with Gasteiger partial charge in [-0.2, -0.15) is 0 Å². The highest BCUT2D eigenvalue weighted by Crippen LogP contribution is 2.34. The van der Waals surface area contributed by atoms with Crippen LogP contribution < -0.4 is 20.7 Å². The van der Waals surface area contributed by atoms with Crippen LogP contribution in [0.2, 0.25) is 0 Å². The van der Waals surface area contributed by atoms with E-state index in [0.29, 0.717) is 41.6 Å². The minimum absolute atomic E-state index is 0.0389. The van der Waals surface area contributed by atoms with Gasteiger partial charge in [-0.3, -0.25) is 9.59 Å². The first kappa shape index (κ1) is 20.6. The summed E-state index contributed by atoms with van der Waals surface area (Å²) < 4.78 is 5.67. The molecule has 3 heterocycles. The van der Waals surface area contributed by atoms with Gasteiger partial charge in [-0.15, -0.1) is 0 Å². The number of benzene rings is 1. The lowest BCUT2D eigenvalue weighted by atomic mass is 10.1. The molecule has 0 aliphatic carbocycles. The predicted octanol–water partition coefficient (Wildman–Crippen LogP) is 1.08. The second-order valence-electron chi connectivity index (χ2n) is 7.46. The first-order valence-electron chi connectivity index (χ1n) is 10.0. The van der Waals surface area contributed by atoms with Crippen molar-refractivity contribution in [1.29, 1.82) is 0 Å². The van der Waals surface area contributed by atoms with E-state index < -0.39 is 0 Å². The third-order valence-electron chi connectivity index (χ3n) is 5.20. The molecule has 10 heteroatoms. The van der Waals surface area contributed by atoms with Crippen LogP contribution in [0.1, 0.15) is 5.56 Å². The fraction of sp³-hybridized carbons (Fsp3) is 0.333. The molecule has 4 rings (SSSR count). The normalized spacial score (nSPS) is 19.5. The van der Waals surface area contributed by atoms with E-state index in [1.807, 2.05) is 19.2 Å². The second kappa shape index (κ2) is 9.00. The number of carbonyl (C=O) groups is 2. The summed E-state index contributed by atoms with van der Waals surface area (Å²) in [7, 11) is 3.76. The summed E-state index contributed by atoms with van der Waals surface area (Å²) in [5.41, 5.74) is 1.80. The Bertz CT molecular complexity index is 1020. The first-order valence-corrected chi connectivity index (χ1v) is 10.0. The molecule has 2 aromatic rings. The van der Waals surface area contributed by atoms with Gasteiger partial charge in [0.25, 0.3) is 11.8 Å². The highest BCUT2D eigenvalue weighted by atomic mass is 16.5. The van der Waals surface area contributed by atoms with Crippen LogP contribution in [-0.2, 0) is 9.59 Å². The van der Waals surface area contributed by atoms with Crippen LogP contribution >= 0.6 is 0 Å². The first-order chi connectivity index (χ1) is 15.0. The maximum absolute atomic E-state index is 12.5. The molecule has 1 aromatic carbocycles. The Morgan fingerprint density at radius 1 is 1.06 bits per heavy atom. The van der Waals surface area contributed by atoms with E-state index in [4.69, 9.17) is 4.74 Å². The fourth-order valence-corrected chi connectivity index (χ4v) is 3.30. The zero-order valence-electron chi connectivity index (χ0n) is 17.5. The molecule has 0 saturated heterocycles. The number of anilines is 3. The topological polar surface area (TPSA) is 112 Å². The Kier molecular flexibility index (Phi) is 5.99. The number of amides is 2. The van der Waals surface area contributed by atoms with Crippen LogP contribution in [0, 0.1) is 0 Å². The molecule has 2 amide bonds. The number of aromatic nitrogens is 2. The van der Waals surface area contributed by atoms with E-state index in [1.54, 1.807) is 30.3 Å². The number of hydrogen-bond acceptors (Lipinski definition) is 8. The Labute approximate surface area is 180 Å². The molecule has 2 aliphatic heterocycles. The molecule has 10 nitrogen and oxygen atoms in total. The van der Waals surface area contributed by atoms with Crippen LogP contribution in [0.15, 0.2) is 36.8 Å². The Morgan fingerprint density at radius 3 is 2.77 bits per heavy atom. The van der Waals surface area contributed by atoms with E-state index >= 15 is 0 Å². The van der Waals surface area contributed by atoms with Gasteiger partial charge in [-0.25, -0.2) is 9.97 Å². The van der Waals surface area contributed by atoms with Crippen LogP contribution in [0.5, 0.6) is 5.75 Å². The Balaban J connectivity index is 1.64. The van der Waals surface area contributed by atoms with Gasteiger partial charge < -0.3 is 30.5 Å². The van der Waals surface area contributed by atoms with Crippen molar-refractivity contribution in [2.45, 2.75) is 0 Å². The van der Waals surface area contributed by atoms with Crippen molar-refractivity contribution in [2.24, 2.45) is 0 Å². The average Bonchev–Trinajstić information content (AvgIpc) is 3.09. The Morgan fingerprint density at radius 2 is 1.90 bits per heavy atom. The molecule has 0 spiro atoms. The van der Waals surface area contributed by atoms with Crippen molar-refractivity contribution in [3.63, 3.8) is 0 Å². The number of fused-ring (bicyclic) bond motifs is 2. The van der Waals surface area contributed by atoms with Gasteiger partial charge >= 0.3 is 0 Å². The van der Waals surface area contributed by atoms with Crippen LogP contribution in [0.3, 0.4) is 0 Å². The summed E-state index contributed by atoms with van der Waals surface area (Å²) in [4.78, 5) is 37.2. The zero-order valence-corrected chi connectivity index (χ0v) is 17.5. The molecule has 0 atom stereocenters. The molecule has 31 heavy (non-hydrogen) atoms. The van der Waals surface area contributed by atoms with Gasteiger partial charge in [0.05, 0.1) is 11.1 Å². The molecular weight excluding hydrogens is 398 g/mol. The quantitative estimate of drug-likeness (QED) is 0.577. The summed E-state index contributed by atoms with van der Waals surface area (Å²) >= 11 is 0. The minimum Gasteiger partial charge on any atom is -0.484 e. The molecule has 0 fully saturated rings. The van der Waals surface area contributed by atoms with Crippen molar-refractivity contribution < 1.29 is 14.3 Å². The van der Waals surface area contributed by atoms with E-state index in [-0.39, 0.29) is 18.4 Å². The van der Waals surface area contributed by atoms with Crippen molar-refractivity contribution in [1.82, 2.24) is 19.8 Å². The van der Waals surface area contributed by atoms with Crippen molar-refractivity contribution in [3.8, 4) is 5.75 Å². The predicted molar refractivity (Wildman–Crippen MR) is 118 cm³/mol. The summed E-state index contributed by atoms with van der Waals surface area (Å²) in [6.07, 6.45) is 3.05. The van der Waals surface area contributed by atoms with Crippen molar-refractivity contribution >= 4 is 34.7 Å². The summed E-state index contributed by atoms with van der Waals surface area (Å²) in [5, 5.41) is 9.21. The van der Waals surface area contributed by atoms with Gasteiger partial charge in [0.15, 0.2) is 6.61 Å². The maximum Gasteiger partial charge on any atom is 0.260 e. The van der Waals surface area contributed by atoms with E-state index in [1.165, 1.54) is 6.33 Å².